The number of phenolic OH excluding ortho intramolecular Hbond substituents is 1. The molecule has 2 N–H and O–H groups in total. The van der Waals surface area contributed by atoms with Gasteiger partial charge in [-0.05, 0) is 25.0 Å². The van der Waals surface area contributed by atoms with Gasteiger partial charge in [0.15, 0.2) is 5.75 Å². The highest BCUT2D eigenvalue weighted by Crippen LogP contribution is 2.42. The van der Waals surface area contributed by atoms with Crippen LogP contribution < -0.4 is 4.72 Å². The van der Waals surface area contributed by atoms with Crippen LogP contribution in [-0.4, -0.2) is 23.7 Å². The highest BCUT2D eigenvalue weighted by molar-refractivity contribution is 7.93. The molecule has 21 heavy (non-hydrogen) atoms. The fraction of sp³-hybridized carbons (Fsp3) is 0.273. The zero-order valence-corrected chi connectivity index (χ0v) is 13.5. The molecule has 1 aromatic heterocycles. The number of phenols is 1. The van der Waals surface area contributed by atoms with Crippen molar-refractivity contribution in [2.75, 3.05) is 4.72 Å². The van der Waals surface area contributed by atoms with Crippen LogP contribution in [-0.2, 0) is 10.0 Å². The van der Waals surface area contributed by atoms with Crippen LogP contribution in [0.3, 0.4) is 0 Å². The van der Waals surface area contributed by atoms with Gasteiger partial charge < -0.3 is 5.11 Å². The molecule has 1 aliphatic carbocycles. The van der Waals surface area contributed by atoms with Crippen molar-refractivity contribution in [3.8, 4) is 5.75 Å². The van der Waals surface area contributed by atoms with Crippen molar-refractivity contribution < 1.29 is 13.5 Å². The number of nitrogens with zero attached hydrogens (tertiary/aromatic N) is 2. The van der Waals surface area contributed by atoms with Gasteiger partial charge in [-0.15, -0.1) is 10.2 Å². The standard InChI is InChI=1S/C11H9Cl2N3O3S2/c12-6-3-7(13)9(17)8(4-6)21(18,19)16-11-15-14-10(20-11)5-1-2-5/h3-5,17H,1-2H2,(H,15,16). The minimum atomic E-state index is -4.04. The first-order chi connectivity index (χ1) is 9.87. The van der Waals surface area contributed by atoms with Crippen LogP contribution in [0.25, 0.3) is 0 Å². The van der Waals surface area contributed by atoms with Gasteiger partial charge in [0, 0.05) is 10.9 Å². The lowest BCUT2D eigenvalue weighted by molar-refractivity contribution is 0.459. The molecule has 0 atom stereocenters. The number of aromatic hydroxyl groups is 1. The quantitative estimate of drug-likeness (QED) is 0.867. The molecular weight excluding hydrogens is 357 g/mol. The molecular formula is C11H9Cl2N3O3S2. The van der Waals surface area contributed by atoms with Crippen molar-refractivity contribution >= 4 is 49.7 Å². The maximum atomic E-state index is 12.3. The van der Waals surface area contributed by atoms with E-state index in [1.165, 1.54) is 17.4 Å². The number of rotatable bonds is 4. The molecule has 0 bridgehead atoms. The molecule has 0 amide bonds. The number of benzene rings is 1. The number of halogens is 2. The van der Waals surface area contributed by atoms with Gasteiger partial charge in [-0.1, -0.05) is 34.5 Å². The van der Waals surface area contributed by atoms with E-state index in [1.807, 2.05) is 0 Å². The van der Waals surface area contributed by atoms with Crippen molar-refractivity contribution in [2.24, 2.45) is 0 Å². The molecule has 10 heteroatoms. The second-order valence-corrected chi connectivity index (χ2v) is 8.06. The minimum Gasteiger partial charge on any atom is -0.505 e. The Bertz CT molecular complexity index is 803. The van der Waals surface area contributed by atoms with Crippen LogP contribution in [0.2, 0.25) is 10.0 Å². The highest BCUT2D eigenvalue weighted by Gasteiger charge is 2.29. The van der Waals surface area contributed by atoms with Gasteiger partial charge in [-0.3, -0.25) is 4.72 Å². The van der Waals surface area contributed by atoms with Gasteiger partial charge in [-0.2, -0.15) is 0 Å². The van der Waals surface area contributed by atoms with E-state index in [1.54, 1.807) is 0 Å². The normalized spacial score (nSPS) is 15.1. The molecule has 112 valence electrons. The second kappa shape index (κ2) is 5.28. The lowest BCUT2D eigenvalue weighted by Gasteiger charge is -2.08. The Kier molecular flexibility index (Phi) is 3.73. The Morgan fingerprint density at radius 1 is 1.29 bits per heavy atom. The molecule has 0 radical (unpaired) electrons. The van der Waals surface area contributed by atoms with E-state index in [2.05, 4.69) is 14.9 Å². The van der Waals surface area contributed by atoms with Gasteiger partial charge >= 0.3 is 0 Å². The van der Waals surface area contributed by atoms with E-state index in [4.69, 9.17) is 23.2 Å². The first-order valence-corrected chi connectivity index (χ1v) is 8.96. The van der Waals surface area contributed by atoms with E-state index < -0.39 is 20.7 Å². The molecule has 6 nitrogen and oxygen atoms in total. The number of anilines is 1. The largest absolute Gasteiger partial charge is 0.505 e. The predicted molar refractivity (Wildman–Crippen MR) is 80.8 cm³/mol. The number of hydrogen-bond acceptors (Lipinski definition) is 6. The van der Waals surface area contributed by atoms with Crippen molar-refractivity contribution in [3.05, 3.63) is 27.2 Å². The van der Waals surface area contributed by atoms with E-state index in [-0.39, 0.29) is 15.2 Å². The van der Waals surface area contributed by atoms with Gasteiger partial charge in [0.05, 0.1) is 5.02 Å². The molecule has 1 aromatic carbocycles. The number of sulfonamides is 1. The maximum absolute atomic E-state index is 12.3. The van der Waals surface area contributed by atoms with Gasteiger partial charge in [0.1, 0.15) is 9.90 Å². The Balaban J connectivity index is 1.92. The van der Waals surface area contributed by atoms with Gasteiger partial charge in [0.2, 0.25) is 5.13 Å². The highest BCUT2D eigenvalue weighted by atomic mass is 35.5. The van der Waals surface area contributed by atoms with Crippen LogP contribution in [0, 0.1) is 0 Å². The van der Waals surface area contributed by atoms with Crippen molar-refractivity contribution in [2.45, 2.75) is 23.7 Å². The SMILES string of the molecule is O=S(=O)(Nc1nnc(C2CC2)s1)c1cc(Cl)cc(Cl)c1O. The lowest BCUT2D eigenvalue weighted by Crippen LogP contribution is -2.13. The third-order valence-corrected chi connectivity index (χ3v) is 5.86. The predicted octanol–water partition coefficient (Wildman–Crippen LogP) is 3.23. The summed E-state index contributed by atoms with van der Waals surface area (Å²) in [7, 11) is -4.04. The first kappa shape index (κ1) is 14.8. The molecule has 0 unspecified atom stereocenters. The molecule has 1 aliphatic rings. The Labute approximate surface area is 134 Å². The number of aromatic nitrogens is 2. The number of nitrogens with one attached hydrogen (secondary N) is 1. The average Bonchev–Trinajstić information content (AvgIpc) is 3.15. The van der Waals surface area contributed by atoms with Gasteiger partial charge in [-0.25, -0.2) is 8.42 Å². The van der Waals surface area contributed by atoms with E-state index in [9.17, 15) is 13.5 Å². The zero-order valence-electron chi connectivity index (χ0n) is 10.4. The van der Waals surface area contributed by atoms with Crippen LogP contribution in [0.4, 0.5) is 5.13 Å². The summed E-state index contributed by atoms with van der Waals surface area (Å²) in [6.07, 6.45) is 2.10. The molecule has 1 saturated carbocycles. The van der Waals surface area contributed by atoms with Crippen LogP contribution >= 0.6 is 34.5 Å². The lowest BCUT2D eigenvalue weighted by atomic mass is 10.3. The molecule has 1 heterocycles. The monoisotopic (exact) mass is 365 g/mol. The molecule has 0 spiro atoms. The third-order valence-electron chi connectivity index (χ3n) is 2.87. The molecule has 0 saturated heterocycles. The van der Waals surface area contributed by atoms with E-state index in [0.717, 1.165) is 23.9 Å². The topological polar surface area (TPSA) is 92.2 Å². The summed E-state index contributed by atoms with van der Waals surface area (Å²) < 4.78 is 26.8. The van der Waals surface area contributed by atoms with E-state index in [0.29, 0.717) is 5.92 Å². The summed E-state index contributed by atoms with van der Waals surface area (Å²) in [5, 5.41) is 18.4. The van der Waals surface area contributed by atoms with Gasteiger partial charge in [0.25, 0.3) is 10.0 Å². The summed E-state index contributed by atoms with van der Waals surface area (Å²) in [5.41, 5.74) is 0. The maximum Gasteiger partial charge on any atom is 0.267 e. The molecule has 3 rings (SSSR count). The molecule has 1 fully saturated rings. The summed E-state index contributed by atoms with van der Waals surface area (Å²) in [5.74, 6) is -0.171. The second-order valence-electron chi connectivity index (χ2n) is 4.56. The summed E-state index contributed by atoms with van der Waals surface area (Å²) in [6, 6.07) is 2.38. The van der Waals surface area contributed by atoms with Crippen LogP contribution in [0.15, 0.2) is 17.0 Å². The van der Waals surface area contributed by atoms with E-state index >= 15 is 0 Å². The summed E-state index contributed by atoms with van der Waals surface area (Å²) >= 11 is 12.7. The fourth-order valence-corrected chi connectivity index (χ4v) is 4.59. The Morgan fingerprint density at radius 2 is 2.00 bits per heavy atom. The Hall–Kier alpha value is -1.09. The van der Waals surface area contributed by atoms with Crippen molar-refractivity contribution in [1.82, 2.24) is 10.2 Å². The average molecular weight is 366 g/mol. The fourth-order valence-electron chi connectivity index (χ4n) is 1.69. The molecule has 2 aromatic rings. The smallest absolute Gasteiger partial charge is 0.267 e. The van der Waals surface area contributed by atoms with Crippen LogP contribution in [0.1, 0.15) is 23.8 Å². The molecule has 0 aliphatic heterocycles. The summed E-state index contributed by atoms with van der Waals surface area (Å²) in [4.78, 5) is -0.400. The van der Waals surface area contributed by atoms with Crippen molar-refractivity contribution in [1.29, 1.82) is 0 Å². The first-order valence-electron chi connectivity index (χ1n) is 5.91. The third kappa shape index (κ3) is 3.08. The number of hydrogen-bond donors (Lipinski definition) is 2. The zero-order chi connectivity index (χ0) is 15.2. The van der Waals surface area contributed by atoms with Crippen LogP contribution in [0.5, 0.6) is 5.75 Å². The Morgan fingerprint density at radius 3 is 2.67 bits per heavy atom. The minimum absolute atomic E-state index is 0.106. The summed E-state index contributed by atoms with van der Waals surface area (Å²) in [6.45, 7) is 0. The van der Waals surface area contributed by atoms with Crippen molar-refractivity contribution in [3.63, 3.8) is 0 Å².